The number of hydrogen-bond donors (Lipinski definition) is 0. The van der Waals surface area contributed by atoms with Gasteiger partial charge in [-0.2, -0.15) is 0 Å². The highest BCUT2D eigenvalue weighted by Crippen LogP contribution is 2.39. The summed E-state index contributed by atoms with van der Waals surface area (Å²) in [5, 5.41) is 11.2. The SMILES string of the molecule is C1=CC(n2c3ccccc3c3cc(-n4c5ccccc5c5cc(-n6c7ccccc7c7ccccc76)ccc54)ccc32)=c2c(c3ccccc3n2-c2ccccc2)=CC1. The molecule has 0 fully saturated rings. The van der Waals surface area contributed by atoms with E-state index in [1.165, 1.54) is 92.6 Å². The summed E-state index contributed by atoms with van der Waals surface area (Å²) in [5.74, 6) is 0. The molecular formula is C55H36N4. The molecule has 59 heavy (non-hydrogen) atoms. The third-order valence-electron chi connectivity index (χ3n) is 12.6. The van der Waals surface area contributed by atoms with Gasteiger partial charge in [-0.3, -0.25) is 0 Å². The average Bonchev–Trinajstić information content (AvgIpc) is 3.97. The molecule has 0 aliphatic heterocycles. The van der Waals surface area contributed by atoms with E-state index in [0.717, 1.165) is 23.5 Å². The number of allylic oxidation sites excluding steroid dienone is 2. The second-order valence-electron chi connectivity index (χ2n) is 15.7. The van der Waals surface area contributed by atoms with Gasteiger partial charge in [-0.1, -0.05) is 121 Å². The highest BCUT2D eigenvalue weighted by atomic mass is 15.1. The molecular weight excluding hydrogens is 717 g/mol. The van der Waals surface area contributed by atoms with E-state index in [2.05, 4.69) is 225 Å². The Kier molecular flexibility index (Phi) is 6.75. The number of hydrogen-bond acceptors (Lipinski definition) is 0. The summed E-state index contributed by atoms with van der Waals surface area (Å²) in [7, 11) is 0. The first kappa shape index (κ1) is 32.3. The molecule has 276 valence electrons. The Morgan fingerprint density at radius 2 is 0.712 bits per heavy atom. The van der Waals surface area contributed by atoms with Crippen LogP contribution < -0.4 is 10.6 Å². The molecule has 13 rings (SSSR count). The molecule has 1 aliphatic rings. The largest absolute Gasteiger partial charge is 0.309 e. The van der Waals surface area contributed by atoms with Crippen LogP contribution in [0, 0.1) is 0 Å². The molecule has 0 N–H and O–H groups in total. The third kappa shape index (κ3) is 4.54. The normalized spacial score (nSPS) is 13.1. The predicted octanol–water partition coefficient (Wildman–Crippen LogP) is 12.3. The molecule has 4 heteroatoms. The number of benzene rings is 8. The lowest BCUT2D eigenvalue weighted by Crippen LogP contribution is -2.32. The Labute approximate surface area is 339 Å². The summed E-state index contributed by atoms with van der Waals surface area (Å²) in [5.41, 5.74) is 13.0. The molecule has 0 saturated carbocycles. The van der Waals surface area contributed by atoms with Crippen molar-refractivity contribution < 1.29 is 0 Å². The molecule has 1 aliphatic carbocycles. The van der Waals surface area contributed by atoms with Crippen molar-refractivity contribution in [2.75, 3.05) is 0 Å². The maximum absolute atomic E-state index is 2.49. The zero-order valence-electron chi connectivity index (χ0n) is 32.1. The molecule has 8 aromatic carbocycles. The lowest BCUT2D eigenvalue weighted by molar-refractivity contribution is 1.04. The quantitative estimate of drug-likeness (QED) is 0.171. The highest BCUT2D eigenvalue weighted by molar-refractivity contribution is 6.14. The van der Waals surface area contributed by atoms with Crippen molar-refractivity contribution in [3.05, 3.63) is 211 Å². The maximum Gasteiger partial charge on any atom is 0.0779 e. The minimum absolute atomic E-state index is 0.868. The van der Waals surface area contributed by atoms with E-state index in [1.807, 2.05) is 0 Å². The van der Waals surface area contributed by atoms with Crippen molar-refractivity contribution in [2.45, 2.75) is 6.42 Å². The second kappa shape index (κ2) is 12.3. The van der Waals surface area contributed by atoms with Gasteiger partial charge >= 0.3 is 0 Å². The van der Waals surface area contributed by atoms with Gasteiger partial charge < -0.3 is 18.3 Å². The van der Waals surface area contributed by atoms with E-state index in [-0.39, 0.29) is 0 Å². The van der Waals surface area contributed by atoms with Crippen molar-refractivity contribution in [1.29, 1.82) is 0 Å². The Hall–Kier alpha value is -7.82. The van der Waals surface area contributed by atoms with Crippen molar-refractivity contribution in [2.24, 2.45) is 0 Å². The van der Waals surface area contributed by atoms with Gasteiger partial charge in [0.05, 0.1) is 49.7 Å². The van der Waals surface area contributed by atoms with Crippen molar-refractivity contribution in [3.63, 3.8) is 0 Å². The van der Waals surface area contributed by atoms with Crippen LogP contribution in [-0.2, 0) is 0 Å². The zero-order chi connectivity index (χ0) is 38.6. The molecule has 0 unspecified atom stereocenters. The van der Waals surface area contributed by atoms with Gasteiger partial charge in [-0.15, -0.1) is 0 Å². The molecule has 0 atom stereocenters. The lowest BCUT2D eigenvalue weighted by atomic mass is 10.1. The minimum atomic E-state index is 0.868. The summed E-state index contributed by atoms with van der Waals surface area (Å²) >= 11 is 0. The van der Waals surface area contributed by atoms with E-state index in [4.69, 9.17) is 0 Å². The third-order valence-corrected chi connectivity index (χ3v) is 12.6. The molecule has 0 bridgehead atoms. The van der Waals surface area contributed by atoms with Crippen LogP contribution in [0.5, 0.6) is 0 Å². The zero-order valence-corrected chi connectivity index (χ0v) is 32.1. The Morgan fingerprint density at radius 3 is 1.25 bits per heavy atom. The summed E-state index contributed by atoms with van der Waals surface area (Å²) in [6.07, 6.45) is 7.90. The van der Waals surface area contributed by atoms with Gasteiger partial charge in [0, 0.05) is 60.0 Å². The smallest absolute Gasteiger partial charge is 0.0779 e. The molecule has 0 spiro atoms. The van der Waals surface area contributed by atoms with Crippen molar-refractivity contribution >= 4 is 88.1 Å². The fraction of sp³-hybridized carbons (Fsp3) is 0.0182. The number of rotatable bonds is 4. The first-order valence-electron chi connectivity index (χ1n) is 20.4. The van der Waals surface area contributed by atoms with Crippen molar-refractivity contribution in [3.8, 4) is 17.1 Å². The summed E-state index contributed by atoms with van der Waals surface area (Å²) < 4.78 is 9.81. The topological polar surface area (TPSA) is 19.7 Å². The first-order valence-corrected chi connectivity index (χ1v) is 20.4. The van der Waals surface area contributed by atoms with Gasteiger partial charge in [0.15, 0.2) is 0 Å². The van der Waals surface area contributed by atoms with Crippen LogP contribution in [0.25, 0.3) is 105 Å². The summed E-state index contributed by atoms with van der Waals surface area (Å²) in [4.78, 5) is 0. The molecule has 4 nitrogen and oxygen atoms in total. The van der Waals surface area contributed by atoms with Crippen LogP contribution in [0.4, 0.5) is 0 Å². The van der Waals surface area contributed by atoms with Crippen LogP contribution in [0.3, 0.4) is 0 Å². The van der Waals surface area contributed by atoms with Gasteiger partial charge in [0.1, 0.15) is 0 Å². The fourth-order valence-electron chi connectivity index (χ4n) is 10.1. The molecule has 0 amide bonds. The first-order chi connectivity index (χ1) is 29.3. The van der Waals surface area contributed by atoms with E-state index in [0.29, 0.717) is 0 Å². The van der Waals surface area contributed by atoms with Gasteiger partial charge in [0.25, 0.3) is 0 Å². The van der Waals surface area contributed by atoms with Crippen LogP contribution in [-0.4, -0.2) is 18.3 Å². The van der Waals surface area contributed by atoms with E-state index in [9.17, 15) is 0 Å². The Balaban J connectivity index is 1.07. The fourth-order valence-corrected chi connectivity index (χ4v) is 10.1. The number of aromatic nitrogens is 4. The number of fused-ring (bicyclic) bond motifs is 12. The Morgan fingerprint density at radius 1 is 0.305 bits per heavy atom. The second-order valence-corrected chi connectivity index (χ2v) is 15.7. The van der Waals surface area contributed by atoms with Crippen molar-refractivity contribution in [1.82, 2.24) is 18.3 Å². The van der Waals surface area contributed by atoms with Crippen LogP contribution in [0.2, 0.25) is 0 Å². The molecule has 4 aromatic heterocycles. The minimum Gasteiger partial charge on any atom is -0.309 e. The maximum atomic E-state index is 2.49. The Bertz CT molecular complexity index is 3810. The molecule has 0 saturated heterocycles. The standard InChI is InChI=1S/C55H36N4/c1-2-16-36(17-3-1)58-50-27-13-6-20-41(50)44-23-9-15-29-54(55(44)58)59-51-28-14-8-22-43(51)46-35-38(31-33-53(46)59)57-49-26-12-7-21-42(49)45-34-37(30-32-52(45)57)56-47-24-10-4-18-39(47)40-19-5-11-25-48(40)56/h1-8,10-35H,9H2. The van der Waals surface area contributed by atoms with Gasteiger partial charge in [-0.25, -0.2) is 0 Å². The number of nitrogens with zero attached hydrogens (tertiary/aromatic N) is 4. The van der Waals surface area contributed by atoms with E-state index in [1.54, 1.807) is 0 Å². The highest BCUT2D eigenvalue weighted by Gasteiger charge is 2.21. The van der Waals surface area contributed by atoms with Gasteiger partial charge in [0.2, 0.25) is 0 Å². The number of para-hydroxylation sites is 6. The van der Waals surface area contributed by atoms with Crippen LogP contribution in [0.15, 0.2) is 200 Å². The molecule has 0 radical (unpaired) electrons. The summed E-state index contributed by atoms with van der Waals surface area (Å²) in [6.45, 7) is 0. The molecule has 12 aromatic rings. The average molecular weight is 753 g/mol. The van der Waals surface area contributed by atoms with E-state index >= 15 is 0 Å². The summed E-state index contributed by atoms with van der Waals surface area (Å²) in [6, 6.07) is 68.9. The predicted molar refractivity (Wildman–Crippen MR) is 248 cm³/mol. The monoisotopic (exact) mass is 752 g/mol. The van der Waals surface area contributed by atoms with Crippen LogP contribution >= 0.6 is 0 Å². The molecule has 4 heterocycles. The van der Waals surface area contributed by atoms with Gasteiger partial charge in [-0.05, 0) is 91.4 Å². The van der Waals surface area contributed by atoms with Crippen LogP contribution in [0.1, 0.15) is 6.42 Å². The lowest BCUT2D eigenvalue weighted by Gasteiger charge is -2.13. The van der Waals surface area contributed by atoms with E-state index < -0.39 is 0 Å².